The van der Waals surface area contributed by atoms with Gasteiger partial charge in [0.1, 0.15) is 0 Å². The Balaban J connectivity index is 1.69. The van der Waals surface area contributed by atoms with Crippen molar-refractivity contribution in [1.82, 2.24) is 4.90 Å². The SMILES string of the molecule is Cc1ccc(C(=O)N2CCC(O)(c3ccccc3)CC2)cc1. The smallest absolute Gasteiger partial charge is 0.253 e. The Kier molecular flexibility index (Phi) is 3.99. The van der Waals surface area contributed by atoms with Crippen molar-refractivity contribution in [2.24, 2.45) is 0 Å². The fourth-order valence-electron chi connectivity index (χ4n) is 3.00. The summed E-state index contributed by atoms with van der Waals surface area (Å²) in [5, 5.41) is 10.8. The minimum atomic E-state index is -0.814. The van der Waals surface area contributed by atoms with Gasteiger partial charge in [-0.2, -0.15) is 0 Å². The molecule has 1 heterocycles. The van der Waals surface area contributed by atoms with Gasteiger partial charge in [0.15, 0.2) is 0 Å². The zero-order valence-corrected chi connectivity index (χ0v) is 12.8. The van der Waals surface area contributed by atoms with Gasteiger partial charge >= 0.3 is 0 Å². The standard InChI is InChI=1S/C19H21NO2/c1-15-7-9-16(10-8-15)18(21)20-13-11-19(22,12-14-20)17-5-3-2-4-6-17/h2-10,22H,11-14H2,1H3. The molecule has 3 nitrogen and oxygen atoms in total. The molecule has 1 aliphatic rings. The Bertz CT molecular complexity index is 641. The molecule has 0 unspecified atom stereocenters. The Labute approximate surface area is 131 Å². The van der Waals surface area contributed by atoms with Crippen LogP contribution in [0.15, 0.2) is 54.6 Å². The highest BCUT2D eigenvalue weighted by Gasteiger charge is 2.35. The van der Waals surface area contributed by atoms with Crippen LogP contribution in [-0.4, -0.2) is 29.0 Å². The molecular weight excluding hydrogens is 274 g/mol. The second-order valence-corrected chi connectivity index (χ2v) is 6.06. The summed E-state index contributed by atoms with van der Waals surface area (Å²) < 4.78 is 0. The summed E-state index contributed by atoms with van der Waals surface area (Å²) >= 11 is 0. The molecule has 0 aliphatic carbocycles. The molecule has 0 bridgehead atoms. The van der Waals surface area contributed by atoms with Gasteiger partial charge in [-0.1, -0.05) is 48.0 Å². The van der Waals surface area contributed by atoms with E-state index in [4.69, 9.17) is 0 Å². The van der Waals surface area contributed by atoms with E-state index in [1.807, 2.05) is 66.4 Å². The summed E-state index contributed by atoms with van der Waals surface area (Å²) in [7, 11) is 0. The Hall–Kier alpha value is -2.13. The van der Waals surface area contributed by atoms with Crippen LogP contribution in [0.3, 0.4) is 0 Å². The molecule has 3 heteroatoms. The first kappa shape index (κ1) is 14.8. The monoisotopic (exact) mass is 295 g/mol. The molecule has 0 spiro atoms. The number of amides is 1. The number of hydrogen-bond donors (Lipinski definition) is 1. The van der Waals surface area contributed by atoms with Crippen molar-refractivity contribution in [2.75, 3.05) is 13.1 Å². The van der Waals surface area contributed by atoms with Gasteiger partial charge in [-0.25, -0.2) is 0 Å². The molecule has 22 heavy (non-hydrogen) atoms. The van der Waals surface area contributed by atoms with Crippen LogP contribution in [0.25, 0.3) is 0 Å². The predicted octanol–water partition coefficient (Wildman–Crippen LogP) is 3.12. The Morgan fingerprint density at radius 3 is 2.18 bits per heavy atom. The average Bonchev–Trinajstić information content (AvgIpc) is 2.56. The van der Waals surface area contributed by atoms with Crippen LogP contribution in [-0.2, 0) is 5.60 Å². The zero-order valence-electron chi connectivity index (χ0n) is 12.8. The largest absolute Gasteiger partial charge is 0.385 e. The lowest BCUT2D eigenvalue weighted by Gasteiger charge is -2.38. The first-order chi connectivity index (χ1) is 10.6. The minimum absolute atomic E-state index is 0.0510. The van der Waals surface area contributed by atoms with Crippen molar-refractivity contribution >= 4 is 5.91 Å². The third kappa shape index (κ3) is 2.90. The van der Waals surface area contributed by atoms with E-state index < -0.39 is 5.60 Å². The second-order valence-electron chi connectivity index (χ2n) is 6.06. The van der Waals surface area contributed by atoms with Gasteiger partial charge in [0.2, 0.25) is 0 Å². The molecule has 1 saturated heterocycles. The summed E-state index contributed by atoms with van der Waals surface area (Å²) in [5.74, 6) is 0.0510. The van der Waals surface area contributed by atoms with E-state index in [0.29, 0.717) is 25.9 Å². The summed E-state index contributed by atoms with van der Waals surface area (Å²) in [6, 6.07) is 17.4. The second kappa shape index (κ2) is 5.93. The first-order valence-electron chi connectivity index (χ1n) is 7.72. The van der Waals surface area contributed by atoms with E-state index in [2.05, 4.69) is 0 Å². The van der Waals surface area contributed by atoms with Crippen molar-refractivity contribution in [3.05, 3.63) is 71.3 Å². The van der Waals surface area contributed by atoms with E-state index >= 15 is 0 Å². The summed E-state index contributed by atoms with van der Waals surface area (Å²) in [6.45, 7) is 3.17. The molecule has 2 aromatic rings. The highest BCUT2D eigenvalue weighted by Crippen LogP contribution is 2.33. The van der Waals surface area contributed by atoms with Crippen molar-refractivity contribution in [3.8, 4) is 0 Å². The molecule has 0 aromatic heterocycles. The molecule has 1 N–H and O–H groups in total. The normalized spacial score (nSPS) is 17.3. The van der Waals surface area contributed by atoms with Crippen LogP contribution < -0.4 is 0 Å². The number of aryl methyl sites for hydroxylation is 1. The predicted molar refractivity (Wildman–Crippen MR) is 86.7 cm³/mol. The topological polar surface area (TPSA) is 40.5 Å². The summed E-state index contributed by atoms with van der Waals surface area (Å²) in [4.78, 5) is 14.3. The average molecular weight is 295 g/mol. The Morgan fingerprint density at radius 1 is 1.00 bits per heavy atom. The van der Waals surface area contributed by atoms with Crippen molar-refractivity contribution in [1.29, 1.82) is 0 Å². The number of benzene rings is 2. The van der Waals surface area contributed by atoms with Gasteiger partial charge in [-0.05, 0) is 37.5 Å². The summed E-state index contributed by atoms with van der Waals surface area (Å²) in [6.07, 6.45) is 1.16. The van der Waals surface area contributed by atoms with E-state index in [1.54, 1.807) is 0 Å². The molecule has 114 valence electrons. The summed E-state index contributed by atoms with van der Waals surface area (Å²) in [5.41, 5.74) is 1.99. The first-order valence-corrected chi connectivity index (χ1v) is 7.72. The van der Waals surface area contributed by atoms with Gasteiger partial charge in [0.05, 0.1) is 5.60 Å². The number of aliphatic hydroxyl groups is 1. The van der Waals surface area contributed by atoms with Gasteiger partial charge in [-0.15, -0.1) is 0 Å². The quantitative estimate of drug-likeness (QED) is 0.924. The molecule has 1 amide bonds. The lowest BCUT2D eigenvalue weighted by atomic mass is 9.84. The molecule has 0 atom stereocenters. The number of nitrogens with zero attached hydrogens (tertiary/aromatic N) is 1. The minimum Gasteiger partial charge on any atom is -0.385 e. The zero-order chi connectivity index (χ0) is 15.6. The lowest BCUT2D eigenvalue weighted by Crippen LogP contribution is -2.45. The lowest BCUT2D eigenvalue weighted by molar-refractivity contribution is -0.0211. The molecule has 0 saturated carbocycles. The van der Waals surface area contributed by atoms with Crippen molar-refractivity contribution in [2.45, 2.75) is 25.4 Å². The number of likely N-dealkylation sites (tertiary alicyclic amines) is 1. The van der Waals surface area contributed by atoms with Crippen LogP contribution in [0.4, 0.5) is 0 Å². The van der Waals surface area contributed by atoms with E-state index in [-0.39, 0.29) is 5.91 Å². The maximum atomic E-state index is 12.5. The highest BCUT2D eigenvalue weighted by atomic mass is 16.3. The fourth-order valence-corrected chi connectivity index (χ4v) is 3.00. The van der Waals surface area contributed by atoms with Crippen molar-refractivity contribution in [3.63, 3.8) is 0 Å². The van der Waals surface area contributed by atoms with E-state index in [0.717, 1.165) is 16.7 Å². The maximum Gasteiger partial charge on any atom is 0.253 e. The number of piperidine rings is 1. The molecule has 1 fully saturated rings. The highest BCUT2D eigenvalue weighted by molar-refractivity contribution is 5.94. The van der Waals surface area contributed by atoms with Gasteiger partial charge < -0.3 is 10.0 Å². The number of carbonyl (C=O) groups is 1. The fraction of sp³-hybridized carbons (Fsp3) is 0.316. The Morgan fingerprint density at radius 2 is 1.59 bits per heavy atom. The molecule has 1 aliphatic heterocycles. The van der Waals surface area contributed by atoms with E-state index in [1.165, 1.54) is 0 Å². The number of rotatable bonds is 2. The van der Waals surface area contributed by atoms with Gasteiger partial charge in [0, 0.05) is 18.7 Å². The molecule has 3 rings (SSSR count). The van der Waals surface area contributed by atoms with Crippen molar-refractivity contribution < 1.29 is 9.90 Å². The van der Waals surface area contributed by atoms with Crippen LogP contribution in [0.1, 0.15) is 34.3 Å². The van der Waals surface area contributed by atoms with E-state index in [9.17, 15) is 9.90 Å². The number of carbonyl (C=O) groups excluding carboxylic acids is 1. The molecule has 2 aromatic carbocycles. The van der Waals surface area contributed by atoms with Crippen LogP contribution in [0.5, 0.6) is 0 Å². The van der Waals surface area contributed by atoms with Crippen LogP contribution in [0.2, 0.25) is 0 Å². The molecular formula is C19H21NO2. The number of hydrogen-bond acceptors (Lipinski definition) is 2. The third-order valence-corrected chi connectivity index (χ3v) is 4.49. The van der Waals surface area contributed by atoms with Crippen LogP contribution >= 0.6 is 0 Å². The maximum absolute atomic E-state index is 12.5. The van der Waals surface area contributed by atoms with Gasteiger partial charge in [-0.3, -0.25) is 4.79 Å². The van der Waals surface area contributed by atoms with Crippen LogP contribution in [0, 0.1) is 6.92 Å². The molecule has 0 radical (unpaired) electrons. The van der Waals surface area contributed by atoms with Gasteiger partial charge in [0.25, 0.3) is 5.91 Å². The third-order valence-electron chi connectivity index (χ3n) is 4.49.